The summed E-state index contributed by atoms with van der Waals surface area (Å²) in [6.07, 6.45) is 0. The minimum absolute atomic E-state index is 0.0628. The molecule has 2 aromatic rings. The van der Waals surface area contributed by atoms with Gasteiger partial charge in [0.1, 0.15) is 23.9 Å². The van der Waals surface area contributed by atoms with Crippen molar-refractivity contribution in [3.05, 3.63) is 52.3 Å². The predicted octanol–water partition coefficient (Wildman–Crippen LogP) is 2.88. The van der Waals surface area contributed by atoms with Gasteiger partial charge in [-0.1, -0.05) is 11.6 Å². The van der Waals surface area contributed by atoms with E-state index in [1.165, 1.54) is 17.0 Å². The minimum atomic E-state index is -0.695. The lowest BCUT2D eigenvalue weighted by atomic mass is 9.99. The smallest absolute Gasteiger partial charge is 0.256 e. The second-order valence-electron chi connectivity index (χ2n) is 7.15. The van der Waals surface area contributed by atoms with E-state index in [1.807, 2.05) is 6.07 Å². The average Bonchev–Trinajstić information content (AvgIpc) is 2.88. The summed E-state index contributed by atoms with van der Waals surface area (Å²) < 4.78 is 25.4. The highest BCUT2D eigenvalue weighted by Gasteiger charge is 2.33. The molecule has 0 atom stereocenters. The molecule has 4 rings (SSSR count). The monoisotopic (exact) mass is 429 g/mol. The van der Waals surface area contributed by atoms with Crippen LogP contribution in [-0.4, -0.2) is 49.4 Å². The third-order valence-corrected chi connectivity index (χ3v) is 5.24. The maximum atomic E-state index is 14.4. The Labute approximate surface area is 176 Å². The van der Waals surface area contributed by atoms with E-state index in [-0.39, 0.29) is 36.2 Å². The number of likely N-dealkylation sites (tertiary alicyclic amines) is 1. The van der Waals surface area contributed by atoms with Gasteiger partial charge < -0.3 is 19.7 Å². The number of nitrogens with zero attached hydrogens (tertiary/aromatic N) is 2. The Bertz CT molecular complexity index is 1060. The molecule has 2 aliphatic rings. The number of nitrogens with one attached hydrogen (secondary N) is 1. The number of carbonyl (C=O) groups is 2. The third-order valence-electron chi connectivity index (χ3n) is 4.94. The number of ether oxygens (including phenoxy) is 2. The van der Waals surface area contributed by atoms with Gasteiger partial charge in [0.05, 0.1) is 41.1 Å². The van der Waals surface area contributed by atoms with Crippen LogP contribution in [0.25, 0.3) is 0 Å². The Morgan fingerprint density at radius 1 is 1.37 bits per heavy atom. The molecule has 0 saturated carbocycles. The van der Waals surface area contributed by atoms with E-state index in [4.69, 9.17) is 26.3 Å². The van der Waals surface area contributed by atoms with Gasteiger partial charge in [-0.2, -0.15) is 5.26 Å². The number of carbonyl (C=O) groups excluding carboxylic acids is 2. The molecule has 1 N–H and O–H groups in total. The van der Waals surface area contributed by atoms with Crippen molar-refractivity contribution in [2.45, 2.75) is 0 Å². The van der Waals surface area contributed by atoms with Gasteiger partial charge in [-0.3, -0.25) is 9.59 Å². The van der Waals surface area contributed by atoms with Crippen molar-refractivity contribution in [2.75, 3.05) is 38.2 Å². The normalized spacial score (nSPS) is 15.8. The summed E-state index contributed by atoms with van der Waals surface area (Å²) in [4.78, 5) is 25.7. The maximum absolute atomic E-state index is 14.4. The lowest BCUT2D eigenvalue weighted by Gasteiger charge is -2.39. The van der Waals surface area contributed by atoms with Crippen LogP contribution in [0, 0.1) is 23.1 Å². The second kappa shape index (κ2) is 8.20. The van der Waals surface area contributed by atoms with E-state index in [0.29, 0.717) is 41.7 Å². The lowest BCUT2D eigenvalue weighted by molar-refractivity contribution is -0.119. The van der Waals surface area contributed by atoms with Crippen molar-refractivity contribution in [1.82, 2.24) is 4.90 Å². The van der Waals surface area contributed by atoms with Crippen molar-refractivity contribution in [3.63, 3.8) is 0 Å². The number of rotatable bonds is 4. The quantitative estimate of drug-likeness (QED) is 0.803. The van der Waals surface area contributed by atoms with E-state index >= 15 is 0 Å². The zero-order valence-corrected chi connectivity index (χ0v) is 16.5. The second-order valence-corrected chi connectivity index (χ2v) is 7.56. The van der Waals surface area contributed by atoms with Gasteiger partial charge in [-0.15, -0.1) is 0 Å². The fourth-order valence-electron chi connectivity index (χ4n) is 3.29. The minimum Gasteiger partial charge on any atom is -0.492 e. The van der Waals surface area contributed by atoms with Crippen LogP contribution in [-0.2, 0) is 4.79 Å². The highest BCUT2D eigenvalue weighted by molar-refractivity contribution is 6.32. The SMILES string of the molecule is N#Cc1ccc(OCC2CN(C(=O)c3cc4c(cc3F)OCC(=O)CN4)C2)c(Cl)c1. The van der Waals surface area contributed by atoms with Crippen molar-refractivity contribution in [2.24, 2.45) is 5.92 Å². The first-order valence-electron chi connectivity index (χ1n) is 9.28. The molecule has 0 radical (unpaired) electrons. The Balaban J connectivity index is 1.35. The molecule has 0 aromatic heterocycles. The summed E-state index contributed by atoms with van der Waals surface area (Å²) in [5, 5.41) is 12.1. The van der Waals surface area contributed by atoms with Crippen LogP contribution < -0.4 is 14.8 Å². The molecule has 1 amide bonds. The van der Waals surface area contributed by atoms with Crippen molar-refractivity contribution < 1.29 is 23.5 Å². The van der Waals surface area contributed by atoms with Crippen LogP contribution in [0.1, 0.15) is 15.9 Å². The highest BCUT2D eigenvalue weighted by atomic mass is 35.5. The number of hydrogen-bond acceptors (Lipinski definition) is 6. The van der Waals surface area contributed by atoms with E-state index < -0.39 is 11.7 Å². The number of ketones is 1. The Hall–Kier alpha value is -3.31. The highest BCUT2D eigenvalue weighted by Crippen LogP contribution is 2.32. The molecule has 7 nitrogen and oxygen atoms in total. The molecule has 2 heterocycles. The molecule has 0 aliphatic carbocycles. The first-order chi connectivity index (χ1) is 14.4. The fraction of sp³-hybridized carbons (Fsp3) is 0.286. The van der Waals surface area contributed by atoms with E-state index in [2.05, 4.69) is 5.32 Å². The van der Waals surface area contributed by atoms with Gasteiger partial charge in [0.2, 0.25) is 0 Å². The van der Waals surface area contributed by atoms with Crippen molar-refractivity contribution >= 4 is 29.0 Å². The fourth-order valence-corrected chi connectivity index (χ4v) is 3.52. The molecule has 0 unspecified atom stereocenters. The predicted molar refractivity (Wildman–Crippen MR) is 106 cm³/mol. The Morgan fingerprint density at radius 2 is 2.17 bits per heavy atom. The molecule has 9 heteroatoms. The van der Waals surface area contributed by atoms with Crippen LogP contribution in [0.15, 0.2) is 30.3 Å². The Kier molecular flexibility index (Phi) is 5.46. The summed E-state index contributed by atoms with van der Waals surface area (Å²) in [5.74, 6) is -0.516. The van der Waals surface area contributed by atoms with Crippen LogP contribution in [0.5, 0.6) is 11.5 Å². The number of Topliss-reactive ketones (excluding diaryl/α,β-unsaturated/α-hetero) is 1. The number of halogens is 2. The molecule has 1 fully saturated rings. The summed E-state index contributed by atoms with van der Waals surface area (Å²) in [7, 11) is 0. The van der Waals surface area contributed by atoms with Crippen LogP contribution in [0.2, 0.25) is 5.02 Å². The van der Waals surface area contributed by atoms with E-state index in [0.717, 1.165) is 6.07 Å². The van der Waals surface area contributed by atoms with Crippen LogP contribution >= 0.6 is 11.6 Å². The van der Waals surface area contributed by atoms with E-state index in [9.17, 15) is 14.0 Å². The number of nitriles is 1. The summed E-state index contributed by atoms with van der Waals surface area (Å²) in [6, 6.07) is 9.28. The summed E-state index contributed by atoms with van der Waals surface area (Å²) in [5.41, 5.74) is 0.787. The zero-order valence-electron chi connectivity index (χ0n) is 15.8. The van der Waals surface area contributed by atoms with Crippen molar-refractivity contribution in [3.8, 4) is 17.6 Å². The molecular weight excluding hydrogens is 413 g/mol. The number of fused-ring (bicyclic) bond motifs is 1. The molecule has 0 bridgehead atoms. The molecular formula is C21H17ClFN3O4. The first kappa shape index (κ1) is 20.0. The molecule has 2 aromatic carbocycles. The van der Waals surface area contributed by atoms with Crippen LogP contribution in [0.4, 0.5) is 10.1 Å². The molecule has 154 valence electrons. The molecule has 30 heavy (non-hydrogen) atoms. The number of hydrogen-bond donors (Lipinski definition) is 1. The molecule has 2 aliphatic heterocycles. The van der Waals surface area contributed by atoms with Gasteiger partial charge >= 0.3 is 0 Å². The number of benzene rings is 2. The zero-order chi connectivity index (χ0) is 21.3. The standard InChI is InChI=1S/C21H17ClFN3O4/c22-16-3-12(6-24)1-2-19(16)29-10-13-8-26(9-13)21(28)15-4-18-20(5-17(15)23)30-11-14(27)7-25-18/h1-5,13,25H,7-11H2. The van der Waals surface area contributed by atoms with Crippen LogP contribution in [0.3, 0.4) is 0 Å². The van der Waals surface area contributed by atoms with Gasteiger partial charge in [-0.25, -0.2) is 4.39 Å². The van der Waals surface area contributed by atoms with E-state index in [1.54, 1.807) is 12.1 Å². The van der Waals surface area contributed by atoms with Crippen molar-refractivity contribution in [1.29, 1.82) is 5.26 Å². The van der Waals surface area contributed by atoms with Gasteiger partial charge in [0.25, 0.3) is 5.91 Å². The third kappa shape index (κ3) is 4.02. The lowest BCUT2D eigenvalue weighted by Crippen LogP contribution is -2.52. The average molecular weight is 430 g/mol. The van der Waals surface area contributed by atoms with Gasteiger partial charge in [0, 0.05) is 25.1 Å². The summed E-state index contributed by atoms with van der Waals surface area (Å²) in [6.45, 7) is 1.12. The largest absolute Gasteiger partial charge is 0.492 e. The van der Waals surface area contributed by atoms with Gasteiger partial charge in [0.15, 0.2) is 5.78 Å². The number of anilines is 1. The molecule has 0 spiro atoms. The summed E-state index contributed by atoms with van der Waals surface area (Å²) >= 11 is 6.09. The number of amides is 1. The maximum Gasteiger partial charge on any atom is 0.256 e. The molecule has 1 saturated heterocycles. The van der Waals surface area contributed by atoms with Gasteiger partial charge in [-0.05, 0) is 24.3 Å². The first-order valence-corrected chi connectivity index (χ1v) is 9.66. The Morgan fingerprint density at radius 3 is 2.90 bits per heavy atom. The topological polar surface area (TPSA) is 91.7 Å².